The predicted molar refractivity (Wildman–Crippen MR) is 101 cm³/mol. The Bertz CT molecular complexity index is 638. The van der Waals surface area contributed by atoms with E-state index in [9.17, 15) is 0 Å². The molecule has 2 aromatic carbocycles. The summed E-state index contributed by atoms with van der Waals surface area (Å²) in [6, 6.07) is 15.7. The molecule has 0 fully saturated rings. The lowest BCUT2D eigenvalue weighted by Crippen LogP contribution is -1.89. The predicted octanol–water partition coefficient (Wildman–Crippen LogP) is 5.09. The molecule has 0 aliphatic carbocycles. The Kier molecular flexibility index (Phi) is 6.32. The average molecular weight is 322 g/mol. The number of rotatable bonds is 7. The first kappa shape index (κ1) is 17.5. The van der Waals surface area contributed by atoms with Gasteiger partial charge in [0.15, 0.2) is 0 Å². The average Bonchev–Trinajstić information content (AvgIpc) is 2.65. The zero-order valence-electron chi connectivity index (χ0n) is 14.5. The Hall–Kier alpha value is -2.88. The quantitative estimate of drug-likeness (QED) is 0.666. The Morgan fingerprint density at radius 1 is 0.667 bits per heavy atom. The van der Waals surface area contributed by atoms with Crippen LogP contribution >= 0.6 is 0 Å². The van der Waals surface area contributed by atoms with Gasteiger partial charge >= 0.3 is 0 Å². The van der Waals surface area contributed by atoms with Crippen molar-refractivity contribution in [2.75, 3.05) is 28.3 Å². The molecule has 4 nitrogen and oxygen atoms in total. The van der Waals surface area contributed by atoms with Crippen molar-refractivity contribution < 1.29 is 9.47 Å². The fourth-order valence-corrected chi connectivity index (χ4v) is 2.22. The van der Waals surface area contributed by atoms with Crippen molar-refractivity contribution in [3.8, 4) is 11.5 Å². The molecule has 0 atom stereocenters. The summed E-state index contributed by atoms with van der Waals surface area (Å²) >= 11 is 0. The molecule has 0 amide bonds. The van der Waals surface area contributed by atoms with Crippen LogP contribution < -0.4 is 9.47 Å². The summed E-state index contributed by atoms with van der Waals surface area (Å²) in [6.45, 7) is 0. The highest BCUT2D eigenvalue weighted by molar-refractivity contribution is 5.71. The van der Waals surface area contributed by atoms with E-state index in [1.54, 1.807) is 28.3 Å². The lowest BCUT2D eigenvalue weighted by atomic mass is 10.1. The van der Waals surface area contributed by atoms with E-state index in [4.69, 9.17) is 9.47 Å². The molecule has 0 saturated carbocycles. The van der Waals surface area contributed by atoms with Gasteiger partial charge in [0.05, 0.1) is 14.2 Å². The van der Waals surface area contributed by atoms with Crippen LogP contribution in [0.3, 0.4) is 0 Å². The summed E-state index contributed by atoms with van der Waals surface area (Å²) in [6.07, 6.45) is 4.00. The normalized spacial score (nSPS) is 11.8. The van der Waals surface area contributed by atoms with Gasteiger partial charge in [0.2, 0.25) is 0 Å². The molecule has 126 valence electrons. The van der Waals surface area contributed by atoms with Gasteiger partial charge in [-0.2, -0.15) is 11.4 Å². The highest BCUT2D eigenvalue weighted by Crippen LogP contribution is 2.26. The molecule has 0 spiro atoms. The van der Waals surface area contributed by atoms with Crippen LogP contribution in [0.5, 0.6) is 11.5 Å². The van der Waals surface area contributed by atoms with E-state index in [2.05, 4.69) is 10.6 Å². The first-order valence-electron chi connectivity index (χ1n) is 7.61. The molecule has 0 radical (unpaired) electrons. The second kappa shape index (κ2) is 8.67. The highest BCUT2D eigenvalue weighted by atomic mass is 16.5. The van der Waals surface area contributed by atoms with Crippen LogP contribution in [-0.4, -0.2) is 28.3 Å². The molecule has 0 aliphatic heterocycles. The minimum Gasteiger partial charge on any atom is -0.688 e. The summed E-state index contributed by atoms with van der Waals surface area (Å²) in [5.74, 6) is 1.66. The Morgan fingerprint density at radius 2 is 1.00 bits per heavy atom. The van der Waals surface area contributed by atoms with Crippen molar-refractivity contribution in [1.29, 1.82) is 0 Å². The topological polar surface area (TPSA) is 46.7 Å². The smallest absolute Gasteiger partial charge is 0.118 e. The second-order valence-corrected chi connectivity index (χ2v) is 5.05. The maximum Gasteiger partial charge on any atom is 0.118 e. The van der Waals surface area contributed by atoms with Gasteiger partial charge in [-0.25, -0.2) is 0 Å². The summed E-state index contributed by atoms with van der Waals surface area (Å²) in [4.78, 5) is 0. The molecule has 0 heterocycles. The van der Waals surface area contributed by atoms with E-state index < -0.39 is 0 Å². The number of nitrogens with zero attached hydrogens (tertiary/aromatic N) is 2. The lowest BCUT2D eigenvalue weighted by molar-refractivity contribution is 0.414. The molecule has 4 heteroatoms. The van der Waals surface area contributed by atoms with Crippen molar-refractivity contribution in [2.24, 2.45) is 0 Å². The molecule has 0 bridgehead atoms. The van der Waals surface area contributed by atoms with Gasteiger partial charge in [-0.1, -0.05) is 36.4 Å². The Labute approximate surface area is 143 Å². The van der Waals surface area contributed by atoms with E-state index in [1.807, 2.05) is 60.7 Å². The second-order valence-electron chi connectivity index (χ2n) is 5.05. The zero-order valence-corrected chi connectivity index (χ0v) is 14.5. The van der Waals surface area contributed by atoms with Gasteiger partial charge in [-0.15, -0.1) is 14.1 Å². The molecule has 0 aromatic heterocycles. The maximum absolute atomic E-state index is 5.18. The van der Waals surface area contributed by atoms with Gasteiger partial charge in [0.25, 0.3) is 0 Å². The van der Waals surface area contributed by atoms with Crippen molar-refractivity contribution in [2.45, 2.75) is 0 Å². The molecule has 0 aliphatic rings. The van der Waals surface area contributed by atoms with E-state index in [0.29, 0.717) is 0 Å². The van der Waals surface area contributed by atoms with Crippen LogP contribution in [0, 0.1) is 0 Å². The monoisotopic (exact) mass is 322 g/mol. The van der Waals surface area contributed by atoms with Crippen LogP contribution in [-0.2, 0) is 0 Å². The largest absolute Gasteiger partial charge is 0.688 e. The van der Waals surface area contributed by atoms with Crippen molar-refractivity contribution in [1.82, 2.24) is 0 Å². The van der Waals surface area contributed by atoms with E-state index in [1.165, 1.54) is 0 Å². The number of hydrogen-bond donors (Lipinski definition) is 0. The molecule has 24 heavy (non-hydrogen) atoms. The van der Waals surface area contributed by atoms with Gasteiger partial charge in [0.1, 0.15) is 11.5 Å². The third-order valence-electron chi connectivity index (χ3n) is 3.58. The summed E-state index contributed by atoms with van der Waals surface area (Å²) in [5.41, 5.74) is 3.72. The third kappa shape index (κ3) is 4.56. The SMILES string of the molecule is C[N-]C(=Cc1ccc(OC)cc1)C(=Cc1ccc(OC)cc1)[N-]C. The number of ether oxygens (including phenoxy) is 2. The van der Waals surface area contributed by atoms with Crippen LogP contribution in [0.15, 0.2) is 59.9 Å². The summed E-state index contributed by atoms with van der Waals surface area (Å²) in [5, 5.41) is 8.74. The summed E-state index contributed by atoms with van der Waals surface area (Å²) in [7, 11) is 6.84. The minimum atomic E-state index is 0.818. The van der Waals surface area contributed by atoms with Gasteiger partial charge < -0.3 is 20.1 Å². The Balaban J connectivity index is 2.29. The van der Waals surface area contributed by atoms with E-state index in [0.717, 1.165) is 34.0 Å². The van der Waals surface area contributed by atoms with E-state index >= 15 is 0 Å². The number of hydrogen-bond acceptors (Lipinski definition) is 2. The first-order valence-corrected chi connectivity index (χ1v) is 7.61. The molecule has 0 unspecified atom stereocenters. The number of benzene rings is 2. The van der Waals surface area contributed by atoms with Gasteiger partial charge in [-0.3, -0.25) is 0 Å². The number of methoxy groups -OCH3 is 2. The molecule has 0 saturated heterocycles. The standard InChI is InChI=1S/C20H22N2O2/c1-21-19(13-15-5-9-17(23-3)10-6-15)20(22-2)14-16-7-11-18(24-4)12-8-16/h5-14H,1-4H3/q-2. The molecular formula is C20H22N2O2-2. The fraction of sp³-hybridized carbons (Fsp3) is 0.200. The summed E-state index contributed by atoms with van der Waals surface area (Å²) < 4.78 is 10.4. The van der Waals surface area contributed by atoms with Crippen LogP contribution in [0.4, 0.5) is 0 Å². The van der Waals surface area contributed by atoms with Crippen LogP contribution in [0.2, 0.25) is 0 Å². The van der Waals surface area contributed by atoms with Crippen LogP contribution in [0.25, 0.3) is 22.8 Å². The minimum absolute atomic E-state index is 0.818. The molecule has 2 rings (SSSR count). The third-order valence-corrected chi connectivity index (χ3v) is 3.58. The highest BCUT2D eigenvalue weighted by Gasteiger charge is 1.94. The van der Waals surface area contributed by atoms with Crippen molar-refractivity contribution >= 4 is 12.2 Å². The lowest BCUT2D eigenvalue weighted by Gasteiger charge is -2.32. The molecular weight excluding hydrogens is 300 g/mol. The number of likely N-dealkylation sites (N-methyl/N-ethyl adjacent to an activating group) is 2. The van der Waals surface area contributed by atoms with Gasteiger partial charge in [0, 0.05) is 0 Å². The Morgan fingerprint density at radius 3 is 1.25 bits per heavy atom. The van der Waals surface area contributed by atoms with Crippen LogP contribution in [0.1, 0.15) is 11.1 Å². The molecule has 0 N–H and O–H groups in total. The fourth-order valence-electron chi connectivity index (χ4n) is 2.22. The molecule has 2 aromatic rings. The van der Waals surface area contributed by atoms with Gasteiger partial charge in [-0.05, 0) is 35.4 Å². The zero-order chi connectivity index (χ0) is 17.4. The van der Waals surface area contributed by atoms with Crippen molar-refractivity contribution in [3.63, 3.8) is 0 Å². The van der Waals surface area contributed by atoms with E-state index in [-0.39, 0.29) is 0 Å². The first-order chi connectivity index (χ1) is 11.7. The maximum atomic E-state index is 5.18. The van der Waals surface area contributed by atoms with Crippen molar-refractivity contribution in [3.05, 3.63) is 81.7 Å².